The Balaban J connectivity index is 1.39. The molecule has 0 radical (unpaired) electrons. The normalized spacial score (nSPS) is 80.1. The summed E-state index contributed by atoms with van der Waals surface area (Å²) < 4.78 is 0. The van der Waals surface area contributed by atoms with E-state index in [2.05, 4.69) is 13.8 Å². The maximum Gasteiger partial charge on any atom is -0.0229 e. The zero-order valence-corrected chi connectivity index (χ0v) is 11.1. The van der Waals surface area contributed by atoms with E-state index in [1.54, 1.807) is 19.3 Å². The number of hydrogen-bond donors (Lipinski definition) is 0. The van der Waals surface area contributed by atoms with Gasteiger partial charge in [0.25, 0.3) is 0 Å². The smallest absolute Gasteiger partial charge is 0.0229 e. The van der Waals surface area contributed by atoms with Crippen molar-refractivity contribution >= 4 is 0 Å². The molecule has 0 aromatic heterocycles. The molecule has 0 saturated heterocycles. The van der Waals surface area contributed by atoms with Crippen molar-refractivity contribution in [3.63, 3.8) is 0 Å². The van der Waals surface area contributed by atoms with Crippen LogP contribution in [0.1, 0.15) is 39.5 Å². The molecule has 17 heavy (non-hydrogen) atoms. The van der Waals surface area contributed by atoms with Crippen molar-refractivity contribution in [1.82, 2.24) is 0 Å². The Morgan fingerprint density at radius 1 is 1.06 bits per heavy atom. The molecule has 0 nitrogen and oxygen atoms in total. The lowest BCUT2D eigenvalue weighted by atomic mass is 9.27. The fourth-order valence-corrected chi connectivity index (χ4v) is 8.90. The van der Waals surface area contributed by atoms with E-state index in [1.807, 2.05) is 0 Å². The topological polar surface area (TPSA) is 0 Å². The van der Waals surface area contributed by atoms with Crippen LogP contribution >= 0.6 is 0 Å². The van der Waals surface area contributed by atoms with E-state index in [0.717, 1.165) is 17.3 Å². The summed E-state index contributed by atoms with van der Waals surface area (Å²) in [5.74, 6) is 12.2. The third-order valence-electron chi connectivity index (χ3n) is 9.25. The third kappa shape index (κ3) is 0.588. The highest BCUT2D eigenvalue weighted by molar-refractivity contribution is 5.34. The predicted molar refractivity (Wildman–Crippen MR) is 67.1 cm³/mol. The summed E-state index contributed by atoms with van der Waals surface area (Å²) in [5, 5.41) is 0. The van der Waals surface area contributed by atoms with Gasteiger partial charge in [0.1, 0.15) is 0 Å². The molecule has 0 amide bonds. The number of hydrogen-bond acceptors (Lipinski definition) is 0. The van der Waals surface area contributed by atoms with Gasteiger partial charge in [-0.1, -0.05) is 20.3 Å². The summed E-state index contributed by atoms with van der Waals surface area (Å²) in [4.78, 5) is 0. The van der Waals surface area contributed by atoms with Crippen molar-refractivity contribution < 1.29 is 0 Å². The molecular formula is C17H24. The molecule has 11 atom stereocenters. The monoisotopic (exact) mass is 228 g/mol. The molecule has 0 aliphatic heterocycles. The van der Waals surface area contributed by atoms with Crippen molar-refractivity contribution in [2.24, 2.45) is 64.6 Å². The van der Waals surface area contributed by atoms with Crippen LogP contribution in [-0.4, -0.2) is 0 Å². The highest BCUT2D eigenvalue weighted by Gasteiger charge is 2.86. The summed E-state index contributed by atoms with van der Waals surface area (Å²) >= 11 is 0. The Morgan fingerprint density at radius 2 is 1.94 bits per heavy atom. The summed E-state index contributed by atoms with van der Waals surface area (Å²) in [6.07, 6.45) is 6.43. The van der Waals surface area contributed by atoms with E-state index in [9.17, 15) is 0 Å². The van der Waals surface area contributed by atoms with Crippen LogP contribution in [0.15, 0.2) is 0 Å². The zero-order chi connectivity index (χ0) is 11.1. The van der Waals surface area contributed by atoms with Crippen LogP contribution in [0.3, 0.4) is 0 Å². The van der Waals surface area contributed by atoms with Crippen molar-refractivity contribution in [3.8, 4) is 0 Å². The fraction of sp³-hybridized carbons (Fsp3) is 1.00. The molecule has 2 bridgehead atoms. The van der Waals surface area contributed by atoms with Crippen LogP contribution in [0, 0.1) is 64.6 Å². The van der Waals surface area contributed by atoms with Crippen molar-refractivity contribution in [3.05, 3.63) is 0 Å². The first-order valence-electron chi connectivity index (χ1n) is 8.29. The number of fused-ring (bicyclic) bond motifs is 8. The zero-order valence-electron chi connectivity index (χ0n) is 11.1. The predicted octanol–water partition coefficient (Wildman–Crippen LogP) is 3.82. The Labute approximate surface area is 105 Å². The Morgan fingerprint density at radius 3 is 2.59 bits per heavy atom. The van der Waals surface area contributed by atoms with Gasteiger partial charge in [0.05, 0.1) is 0 Å². The third-order valence-corrected chi connectivity index (χ3v) is 9.25. The Hall–Kier alpha value is 0. The van der Waals surface area contributed by atoms with Crippen LogP contribution in [0.2, 0.25) is 0 Å². The molecule has 6 rings (SSSR count). The highest BCUT2D eigenvalue weighted by Crippen LogP contribution is 2.91. The average molecular weight is 228 g/mol. The van der Waals surface area contributed by atoms with E-state index < -0.39 is 0 Å². The summed E-state index contributed by atoms with van der Waals surface area (Å²) in [6, 6.07) is 0. The fourth-order valence-electron chi connectivity index (χ4n) is 8.90. The molecule has 92 valence electrons. The van der Waals surface area contributed by atoms with Gasteiger partial charge in [-0.25, -0.2) is 0 Å². The molecule has 0 N–H and O–H groups in total. The van der Waals surface area contributed by atoms with Crippen LogP contribution in [-0.2, 0) is 0 Å². The highest BCUT2D eigenvalue weighted by atomic mass is 14.9. The molecule has 0 aromatic carbocycles. The molecule has 6 aliphatic rings. The first-order valence-corrected chi connectivity index (χ1v) is 8.29. The minimum Gasteiger partial charge on any atom is -0.0651 e. The molecule has 6 fully saturated rings. The SMILES string of the molecule is CCC1C(C)C2C1C1C2C2C3CC4(CCC34)C21. The van der Waals surface area contributed by atoms with Gasteiger partial charge in [0.15, 0.2) is 0 Å². The molecular weight excluding hydrogens is 204 g/mol. The Kier molecular flexibility index (Phi) is 1.19. The molecule has 0 spiro atoms. The van der Waals surface area contributed by atoms with Gasteiger partial charge in [0, 0.05) is 0 Å². The van der Waals surface area contributed by atoms with Gasteiger partial charge in [-0.2, -0.15) is 0 Å². The van der Waals surface area contributed by atoms with E-state index >= 15 is 0 Å². The molecule has 0 aromatic rings. The van der Waals surface area contributed by atoms with Gasteiger partial charge in [0.2, 0.25) is 0 Å². The molecule has 6 aliphatic carbocycles. The second kappa shape index (κ2) is 2.25. The summed E-state index contributed by atoms with van der Waals surface area (Å²) in [6.45, 7) is 5.02. The first-order chi connectivity index (χ1) is 8.29. The van der Waals surface area contributed by atoms with Crippen LogP contribution in [0.25, 0.3) is 0 Å². The van der Waals surface area contributed by atoms with E-state index in [0.29, 0.717) is 0 Å². The maximum absolute atomic E-state index is 2.57. The summed E-state index contributed by atoms with van der Waals surface area (Å²) in [7, 11) is 0. The van der Waals surface area contributed by atoms with Crippen LogP contribution < -0.4 is 0 Å². The average Bonchev–Trinajstić information content (AvgIpc) is 2.64. The van der Waals surface area contributed by atoms with Gasteiger partial charge in [-0.15, -0.1) is 0 Å². The van der Waals surface area contributed by atoms with E-state index in [-0.39, 0.29) is 0 Å². The molecule has 6 saturated carbocycles. The minimum absolute atomic E-state index is 0.971. The molecule has 11 unspecified atom stereocenters. The lowest BCUT2D eigenvalue weighted by Gasteiger charge is -2.78. The lowest BCUT2D eigenvalue weighted by molar-refractivity contribution is -0.309. The maximum atomic E-state index is 2.57. The second-order valence-corrected chi connectivity index (χ2v) is 8.59. The quantitative estimate of drug-likeness (QED) is 0.640. The standard InChI is InChI=1S/C17H24/c1-3-8-7(2)11-12(8)15-14(11)13-9-6-17(16(13)15)5-4-10(9)17/h7-16H,3-6H2,1-2H3. The minimum atomic E-state index is 0.971. The van der Waals surface area contributed by atoms with Gasteiger partial charge in [-0.05, 0) is 83.9 Å². The largest absolute Gasteiger partial charge is 0.0651 e. The van der Waals surface area contributed by atoms with Gasteiger partial charge >= 0.3 is 0 Å². The van der Waals surface area contributed by atoms with Crippen LogP contribution in [0.5, 0.6) is 0 Å². The van der Waals surface area contributed by atoms with Crippen molar-refractivity contribution in [2.45, 2.75) is 39.5 Å². The second-order valence-electron chi connectivity index (χ2n) is 8.59. The number of rotatable bonds is 1. The first kappa shape index (κ1) is 8.99. The lowest BCUT2D eigenvalue weighted by Crippen LogP contribution is -2.74. The Bertz CT molecular complexity index is 426. The van der Waals surface area contributed by atoms with Crippen molar-refractivity contribution in [1.29, 1.82) is 0 Å². The van der Waals surface area contributed by atoms with E-state index in [1.165, 1.54) is 53.8 Å². The van der Waals surface area contributed by atoms with E-state index in [4.69, 9.17) is 0 Å². The van der Waals surface area contributed by atoms with Crippen LogP contribution in [0.4, 0.5) is 0 Å². The summed E-state index contributed by atoms with van der Waals surface area (Å²) in [5.41, 5.74) is 0.971. The van der Waals surface area contributed by atoms with Gasteiger partial charge < -0.3 is 0 Å². The molecule has 0 heterocycles. The van der Waals surface area contributed by atoms with Gasteiger partial charge in [-0.3, -0.25) is 0 Å². The van der Waals surface area contributed by atoms with Crippen molar-refractivity contribution in [2.75, 3.05) is 0 Å². The molecule has 0 heteroatoms.